The molecule has 0 rings (SSSR count). The van der Waals surface area contributed by atoms with Gasteiger partial charge in [0, 0.05) is 79.9 Å². The number of aliphatic hydroxyl groups excluding tert-OH is 1. The maximum atomic E-state index is 8.81. The second-order valence-corrected chi connectivity index (χ2v) is 8.16. The quantitative estimate of drug-likeness (QED) is 0.113. The van der Waals surface area contributed by atoms with Gasteiger partial charge in [-0.15, -0.1) is 0 Å². The highest BCUT2D eigenvalue weighted by molar-refractivity contribution is 4.59. The number of rotatable bonds is 30. The van der Waals surface area contributed by atoms with Gasteiger partial charge in [-0.1, -0.05) is 0 Å². The molecule has 0 aromatic rings. The van der Waals surface area contributed by atoms with Crippen molar-refractivity contribution < 1.29 is 38.3 Å². The molecular formula is C25H54N2O8. The Morgan fingerprint density at radius 1 is 0.486 bits per heavy atom. The van der Waals surface area contributed by atoms with Crippen LogP contribution in [0.2, 0.25) is 0 Å². The van der Waals surface area contributed by atoms with E-state index in [-0.39, 0.29) is 6.61 Å². The number of hydrogen-bond acceptors (Lipinski definition) is 10. The van der Waals surface area contributed by atoms with E-state index in [2.05, 4.69) is 9.80 Å². The van der Waals surface area contributed by atoms with E-state index in [9.17, 15) is 0 Å². The molecule has 0 atom stereocenters. The molecule has 0 aliphatic heterocycles. The van der Waals surface area contributed by atoms with E-state index in [4.69, 9.17) is 38.3 Å². The lowest BCUT2D eigenvalue weighted by molar-refractivity contribution is -0.0712. The summed E-state index contributed by atoms with van der Waals surface area (Å²) in [6, 6.07) is 0. The fraction of sp³-hybridized carbons (Fsp3) is 1.00. The normalized spacial score (nSPS) is 11.8. The zero-order valence-electron chi connectivity index (χ0n) is 22.8. The monoisotopic (exact) mass is 510 g/mol. The Hall–Kier alpha value is -0.400. The van der Waals surface area contributed by atoms with Gasteiger partial charge in [0.25, 0.3) is 0 Å². The number of methoxy groups -OCH3 is 2. The zero-order chi connectivity index (χ0) is 25.7. The lowest BCUT2D eigenvalue weighted by atomic mass is 10.3. The van der Waals surface area contributed by atoms with Crippen LogP contribution in [0.25, 0.3) is 0 Å². The summed E-state index contributed by atoms with van der Waals surface area (Å²) in [6.45, 7) is 14.6. The van der Waals surface area contributed by atoms with E-state index in [0.29, 0.717) is 46.4 Å². The molecule has 0 unspecified atom stereocenters. The molecule has 10 nitrogen and oxygen atoms in total. The van der Waals surface area contributed by atoms with Crippen LogP contribution < -0.4 is 0 Å². The van der Waals surface area contributed by atoms with Crippen molar-refractivity contribution in [2.24, 2.45) is 0 Å². The Morgan fingerprint density at radius 3 is 1.49 bits per heavy atom. The highest BCUT2D eigenvalue weighted by atomic mass is 16.7. The Bertz CT molecular complexity index is 386. The number of ether oxygens (including phenoxy) is 7. The molecular weight excluding hydrogens is 456 g/mol. The molecule has 0 radical (unpaired) electrons. The smallest absolute Gasteiger partial charge is 0.146 e. The fourth-order valence-corrected chi connectivity index (χ4v) is 3.41. The van der Waals surface area contributed by atoms with Gasteiger partial charge in [-0.2, -0.15) is 0 Å². The minimum absolute atomic E-state index is 0.0630. The first-order chi connectivity index (χ1) is 17.3. The SMILES string of the molecule is CCOCCN(CCCOC)CCCOCOCCOCCCN(CCCOC)CCOCCO. The van der Waals surface area contributed by atoms with E-state index in [0.717, 1.165) is 91.4 Å². The van der Waals surface area contributed by atoms with E-state index in [1.165, 1.54) is 0 Å². The Labute approximate surface area is 214 Å². The molecule has 0 spiro atoms. The van der Waals surface area contributed by atoms with Gasteiger partial charge in [0.15, 0.2) is 0 Å². The molecule has 0 amide bonds. The summed E-state index contributed by atoms with van der Waals surface area (Å²) in [7, 11) is 3.46. The molecule has 0 heterocycles. The number of aliphatic hydroxyl groups is 1. The second kappa shape index (κ2) is 29.8. The lowest BCUT2D eigenvalue weighted by Crippen LogP contribution is -2.31. The molecule has 0 aromatic heterocycles. The number of hydrogen-bond donors (Lipinski definition) is 1. The van der Waals surface area contributed by atoms with Crippen molar-refractivity contribution in [1.82, 2.24) is 9.80 Å². The van der Waals surface area contributed by atoms with Crippen LogP contribution in [-0.4, -0.2) is 148 Å². The van der Waals surface area contributed by atoms with Gasteiger partial charge < -0.3 is 48.1 Å². The summed E-state index contributed by atoms with van der Waals surface area (Å²) in [5, 5.41) is 8.81. The van der Waals surface area contributed by atoms with Gasteiger partial charge in [-0.3, -0.25) is 0 Å². The molecule has 0 aromatic carbocycles. The summed E-state index contributed by atoms with van der Waals surface area (Å²) in [5.74, 6) is 0. The molecule has 35 heavy (non-hydrogen) atoms. The van der Waals surface area contributed by atoms with E-state index in [1.54, 1.807) is 14.2 Å². The van der Waals surface area contributed by atoms with Crippen LogP contribution in [0.1, 0.15) is 32.6 Å². The van der Waals surface area contributed by atoms with E-state index < -0.39 is 0 Å². The van der Waals surface area contributed by atoms with Crippen molar-refractivity contribution in [2.45, 2.75) is 32.6 Å². The average molecular weight is 511 g/mol. The predicted octanol–water partition coefficient (Wildman–Crippen LogP) is 1.50. The van der Waals surface area contributed by atoms with Crippen molar-refractivity contribution in [3.05, 3.63) is 0 Å². The van der Waals surface area contributed by atoms with E-state index >= 15 is 0 Å². The third-order valence-corrected chi connectivity index (χ3v) is 5.25. The number of nitrogens with zero attached hydrogens (tertiary/aromatic N) is 2. The molecule has 1 N–H and O–H groups in total. The molecule has 212 valence electrons. The summed E-state index contributed by atoms with van der Waals surface area (Å²) >= 11 is 0. The first-order valence-corrected chi connectivity index (χ1v) is 13.2. The largest absolute Gasteiger partial charge is 0.394 e. The van der Waals surface area contributed by atoms with Crippen LogP contribution in [0.5, 0.6) is 0 Å². The molecule has 0 saturated heterocycles. The summed E-state index contributed by atoms with van der Waals surface area (Å²) in [6.07, 6.45) is 3.93. The van der Waals surface area contributed by atoms with Crippen molar-refractivity contribution >= 4 is 0 Å². The van der Waals surface area contributed by atoms with Crippen molar-refractivity contribution in [3.8, 4) is 0 Å². The highest BCUT2D eigenvalue weighted by Gasteiger charge is 2.06. The second-order valence-electron chi connectivity index (χ2n) is 8.16. The first kappa shape index (κ1) is 34.6. The van der Waals surface area contributed by atoms with Crippen molar-refractivity contribution in [1.29, 1.82) is 0 Å². The molecule has 0 bridgehead atoms. The van der Waals surface area contributed by atoms with Gasteiger partial charge >= 0.3 is 0 Å². The van der Waals surface area contributed by atoms with Crippen LogP contribution in [0.3, 0.4) is 0 Å². The van der Waals surface area contributed by atoms with Gasteiger partial charge in [-0.05, 0) is 32.6 Å². The molecule has 10 heteroatoms. The minimum Gasteiger partial charge on any atom is -0.394 e. The fourth-order valence-electron chi connectivity index (χ4n) is 3.41. The summed E-state index contributed by atoms with van der Waals surface area (Å²) in [5.41, 5.74) is 0. The van der Waals surface area contributed by atoms with Crippen molar-refractivity contribution in [2.75, 3.05) is 133 Å². The molecule has 0 aliphatic carbocycles. The standard InChI is InChI=1S/C25H54N2O8/c1-4-31-20-13-26(9-5-16-29-2)12-8-19-34-25-35-24-23-32-18-7-11-27(10-6-17-30-3)14-21-33-22-15-28/h28H,4-25H2,1-3H3. The molecule has 0 fully saturated rings. The third-order valence-electron chi connectivity index (χ3n) is 5.25. The van der Waals surface area contributed by atoms with Crippen molar-refractivity contribution in [3.63, 3.8) is 0 Å². The summed E-state index contributed by atoms with van der Waals surface area (Å²) < 4.78 is 37.9. The molecule has 0 aliphatic rings. The zero-order valence-corrected chi connectivity index (χ0v) is 22.8. The maximum Gasteiger partial charge on any atom is 0.146 e. The maximum absolute atomic E-state index is 8.81. The third kappa shape index (κ3) is 26.5. The van der Waals surface area contributed by atoms with Crippen LogP contribution >= 0.6 is 0 Å². The predicted molar refractivity (Wildman–Crippen MR) is 137 cm³/mol. The lowest BCUT2D eigenvalue weighted by Gasteiger charge is -2.22. The van der Waals surface area contributed by atoms with Gasteiger partial charge in [0.2, 0.25) is 0 Å². The van der Waals surface area contributed by atoms with Crippen LogP contribution in [0.4, 0.5) is 0 Å². The summed E-state index contributed by atoms with van der Waals surface area (Å²) in [4.78, 5) is 4.74. The van der Waals surface area contributed by atoms with Crippen LogP contribution in [0, 0.1) is 0 Å². The Balaban J connectivity index is 3.66. The van der Waals surface area contributed by atoms with Gasteiger partial charge in [0.05, 0.1) is 46.2 Å². The highest BCUT2D eigenvalue weighted by Crippen LogP contribution is 1.98. The minimum atomic E-state index is 0.0630. The Morgan fingerprint density at radius 2 is 0.943 bits per heavy atom. The van der Waals surface area contributed by atoms with Gasteiger partial charge in [0.1, 0.15) is 6.79 Å². The first-order valence-electron chi connectivity index (χ1n) is 13.2. The topological polar surface area (TPSA) is 91.3 Å². The van der Waals surface area contributed by atoms with E-state index in [1.807, 2.05) is 6.92 Å². The molecule has 0 saturated carbocycles. The average Bonchev–Trinajstić information content (AvgIpc) is 2.86. The van der Waals surface area contributed by atoms with Crippen LogP contribution in [-0.2, 0) is 33.2 Å². The Kier molecular flexibility index (Phi) is 29.5. The van der Waals surface area contributed by atoms with Crippen LogP contribution in [0.15, 0.2) is 0 Å². The van der Waals surface area contributed by atoms with Gasteiger partial charge in [-0.25, -0.2) is 0 Å².